The summed E-state index contributed by atoms with van der Waals surface area (Å²) in [7, 11) is 0. The Balaban J connectivity index is 1.73. The number of ether oxygens (including phenoxy) is 2. The Hall–Kier alpha value is -2.50. The third-order valence-electron chi connectivity index (χ3n) is 4.10. The number of aryl methyl sites for hydroxylation is 1. The van der Waals surface area contributed by atoms with Crippen LogP contribution in [0.15, 0.2) is 28.8 Å². The Kier molecular flexibility index (Phi) is 4.74. The summed E-state index contributed by atoms with van der Waals surface area (Å²) >= 11 is 0. The normalized spacial score (nSPS) is 14.5. The van der Waals surface area contributed by atoms with Gasteiger partial charge in [-0.1, -0.05) is 25.1 Å². The van der Waals surface area contributed by atoms with Crippen molar-refractivity contribution in [2.75, 3.05) is 18.5 Å². The third-order valence-corrected chi connectivity index (χ3v) is 4.10. The monoisotopic (exact) mass is 330 g/mol. The fraction of sp³-hybridized carbons (Fsp3) is 0.444. The largest absolute Gasteiger partial charge is 0.486 e. The maximum atomic E-state index is 12.3. The molecule has 1 unspecified atom stereocenters. The van der Waals surface area contributed by atoms with Crippen LogP contribution in [0.2, 0.25) is 0 Å². The number of benzene rings is 1. The molecule has 0 spiro atoms. The van der Waals surface area contributed by atoms with Crippen LogP contribution in [0.4, 0.5) is 5.82 Å². The van der Waals surface area contributed by atoms with Crippen molar-refractivity contribution in [3.63, 3.8) is 0 Å². The Bertz CT molecular complexity index is 724. The van der Waals surface area contributed by atoms with Crippen LogP contribution in [0.3, 0.4) is 0 Å². The van der Waals surface area contributed by atoms with Crippen LogP contribution in [0.1, 0.15) is 37.5 Å². The summed E-state index contributed by atoms with van der Waals surface area (Å²) in [5, 5.41) is 6.58. The molecule has 6 heteroatoms. The standard InChI is InChI=1S/C18H22N2O4/c1-11(2)14(10-18(21)19-17-8-12(3)24-20-17)13-4-5-15-16(9-13)23-7-6-22-15/h4-5,8-9,11,14H,6-7,10H2,1-3H3,(H,19,20,21). The van der Waals surface area contributed by atoms with Crippen LogP contribution in [-0.2, 0) is 4.79 Å². The Morgan fingerprint density at radius 3 is 2.62 bits per heavy atom. The minimum Gasteiger partial charge on any atom is -0.486 e. The van der Waals surface area contributed by atoms with Crippen molar-refractivity contribution in [2.45, 2.75) is 33.1 Å². The average molecular weight is 330 g/mol. The Morgan fingerprint density at radius 2 is 1.96 bits per heavy atom. The second-order valence-corrected chi connectivity index (χ2v) is 6.33. The molecule has 128 valence electrons. The van der Waals surface area contributed by atoms with Gasteiger partial charge < -0.3 is 19.3 Å². The summed E-state index contributed by atoms with van der Waals surface area (Å²) in [4.78, 5) is 12.3. The summed E-state index contributed by atoms with van der Waals surface area (Å²) in [5.41, 5.74) is 1.07. The van der Waals surface area contributed by atoms with Crippen LogP contribution in [0.25, 0.3) is 0 Å². The molecule has 1 N–H and O–H groups in total. The van der Waals surface area contributed by atoms with E-state index >= 15 is 0 Å². The van der Waals surface area contributed by atoms with E-state index in [-0.39, 0.29) is 11.8 Å². The van der Waals surface area contributed by atoms with Gasteiger partial charge in [0.2, 0.25) is 5.91 Å². The van der Waals surface area contributed by atoms with Crippen LogP contribution >= 0.6 is 0 Å². The molecule has 1 amide bonds. The molecule has 0 radical (unpaired) electrons. The van der Waals surface area contributed by atoms with Gasteiger partial charge in [0.15, 0.2) is 17.3 Å². The van der Waals surface area contributed by atoms with Gasteiger partial charge in [-0.15, -0.1) is 0 Å². The lowest BCUT2D eigenvalue weighted by Gasteiger charge is -2.24. The van der Waals surface area contributed by atoms with Gasteiger partial charge >= 0.3 is 0 Å². The minimum absolute atomic E-state index is 0.0776. The number of amides is 1. The van der Waals surface area contributed by atoms with Gasteiger partial charge in [0.05, 0.1) is 0 Å². The molecule has 3 rings (SSSR count). The van der Waals surface area contributed by atoms with Gasteiger partial charge in [0, 0.05) is 12.5 Å². The van der Waals surface area contributed by atoms with Gasteiger partial charge in [0.25, 0.3) is 0 Å². The SMILES string of the molecule is Cc1cc(NC(=O)CC(c2ccc3c(c2)OCCO3)C(C)C)no1. The van der Waals surface area contributed by atoms with Gasteiger partial charge in [-0.2, -0.15) is 0 Å². The highest BCUT2D eigenvalue weighted by molar-refractivity contribution is 5.90. The minimum atomic E-state index is -0.0862. The van der Waals surface area contributed by atoms with Crippen LogP contribution in [-0.4, -0.2) is 24.3 Å². The molecule has 1 aliphatic heterocycles. The lowest BCUT2D eigenvalue weighted by Crippen LogP contribution is -2.20. The summed E-state index contributed by atoms with van der Waals surface area (Å²) in [6, 6.07) is 7.60. The zero-order valence-corrected chi connectivity index (χ0v) is 14.2. The smallest absolute Gasteiger partial charge is 0.226 e. The topological polar surface area (TPSA) is 73.6 Å². The summed E-state index contributed by atoms with van der Waals surface area (Å²) in [6.07, 6.45) is 0.364. The van der Waals surface area contributed by atoms with E-state index in [9.17, 15) is 4.79 Å². The molecule has 1 aromatic heterocycles. The van der Waals surface area contributed by atoms with Crippen molar-refractivity contribution in [3.8, 4) is 11.5 Å². The van der Waals surface area contributed by atoms with Gasteiger partial charge in [-0.25, -0.2) is 0 Å². The van der Waals surface area contributed by atoms with Crippen LogP contribution in [0, 0.1) is 12.8 Å². The molecule has 0 saturated heterocycles. The van der Waals surface area contributed by atoms with E-state index in [0.29, 0.717) is 37.1 Å². The molecule has 24 heavy (non-hydrogen) atoms. The number of nitrogens with zero attached hydrogens (tertiary/aromatic N) is 1. The van der Waals surface area contributed by atoms with E-state index in [1.54, 1.807) is 13.0 Å². The summed E-state index contributed by atoms with van der Waals surface area (Å²) in [5.74, 6) is 2.91. The van der Waals surface area contributed by atoms with Gasteiger partial charge in [-0.05, 0) is 36.5 Å². The summed E-state index contributed by atoms with van der Waals surface area (Å²) < 4.78 is 16.2. The van der Waals surface area contributed by atoms with E-state index in [1.807, 2.05) is 18.2 Å². The van der Waals surface area contributed by atoms with Crippen molar-refractivity contribution in [1.29, 1.82) is 0 Å². The maximum Gasteiger partial charge on any atom is 0.226 e. The second-order valence-electron chi connectivity index (χ2n) is 6.33. The third kappa shape index (κ3) is 3.69. The van der Waals surface area contributed by atoms with Crippen LogP contribution in [0.5, 0.6) is 11.5 Å². The molecular formula is C18H22N2O4. The molecule has 0 fully saturated rings. The first-order valence-corrected chi connectivity index (χ1v) is 8.15. The van der Waals surface area contributed by atoms with E-state index in [2.05, 4.69) is 24.3 Å². The Morgan fingerprint density at radius 1 is 1.21 bits per heavy atom. The predicted octanol–water partition coefficient (Wildman–Crippen LogP) is 3.52. The van der Waals surface area contributed by atoms with Crippen molar-refractivity contribution < 1.29 is 18.8 Å². The quantitative estimate of drug-likeness (QED) is 0.908. The average Bonchev–Trinajstić information content (AvgIpc) is 2.96. The van der Waals surface area contributed by atoms with E-state index in [4.69, 9.17) is 14.0 Å². The molecule has 0 saturated carbocycles. The van der Waals surface area contributed by atoms with Gasteiger partial charge in [-0.3, -0.25) is 4.79 Å². The summed E-state index contributed by atoms with van der Waals surface area (Å²) in [6.45, 7) is 7.12. The highest BCUT2D eigenvalue weighted by Gasteiger charge is 2.22. The molecule has 2 aromatic rings. The number of fused-ring (bicyclic) bond motifs is 1. The van der Waals surface area contributed by atoms with Crippen molar-refractivity contribution in [3.05, 3.63) is 35.6 Å². The first kappa shape index (κ1) is 16.4. The highest BCUT2D eigenvalue weighted by atomic mass is 16.6. The first-order valence-electron chi connectivity index (χ1n) is 8.15. The number of nitrogens with one attached hydrogen (secondary N) is 1. The molecule has 6 nitrogen and oxygen atoms in total. The molecule has 0 bridgehead atoms. The number of carbonyl (C=O) groups is 1. The molecule has 1 atom stereocenters. The van der Waals surface area contributed by atoms with Gasteiger partial charge in [0.1, 0.15) is 19.0 Å². The van der Waals surface area contributed by atoms with E-state index in [1.165, 1.54) is 0 Å². The highest BCUT2D eigenvalue weighted by Crippen LogP contribution is 2.36. The lowest BCUT2D eigenvalue weighted by atomic mass is 9.85. The fourth-order valence-corrected chi connectivity index (χ4v) is 2.85. The number of carbonyl (C=O) groups excluding carboxylic acids is 1. The fourth-order valence-electron chi connectivity index (χ4n) is 2.85. The van der Waals surface area contributed by atoms with Crippen LogP contribution < -0.4 is 14.8 Å². The second kappa shape index (κ2) is 6.95. The number of anilines is 1. The number of aromatic nitrogens is 1. The molecule has 1 aliphatic rings. The zero-order chi connectivity index (χ0) is 17.1. The molecule has 1 aromatic carbocycles. The van der Waals surface area contributed by atoms with Crippen molar-refractivity contribution in [2.24, 2.45) is 5.92 Å². The number of rotatable bonds is 5. The molecule has 0 aliphatic carbocycles. The molecule has 2 heterocycles. The van der Waals surface area contributed by atoms with E-state index < -0.39 is 0 Å². The predicted molar refractivity (Wildman–Crippen MR) is 89.5 cm³/mol. The van der Waals surface area contributed by atoms with E-state index in [0.717, 1.165) is 17.1 Å². The maximum absolute atomic E-state index is 12.3. The number of hydrogen-bond donors (Lipinski definition) is 1. The molecular weight excluding hydrogens is 308 g/mol. The zero-order valence-electron chi connectivity index (χ0n) is 14.2. The Labute approximate surface area is 141 Å². The lowest BCUT2D eigenvalue weighted by molar-refractivity contribution is -0.116. The van der Waals surface area contributed by atoms with Crippen molar-refractivity contribution in [1.82, 2.24) is 5.16 Å². The van der Waals surface area contributed by atoms with Crippen molar-refractivity contribution >= 4 is 11.7 Å². The first-order chi connectivity index (χ1) is 11.5. The number of hydrogen-bond acceptors (Lipinski definition) is 5.